The first-order valence-corrected chi connectivity index (χ1v) is 6.56. The van der Waals surface area contributed by atoms with Crippen molar-refractivity contribution in [2.45, 2.75) is 13.3 Å². The van der Waals surface area contributed by atoms with E-state index >= 15 is 0 Å². The fourth-order valence-corrected chi connectivity index (χ4v) is 2.18. The van der Waals surface area contributed by atoms with Crippen molar-refractivity contribution in [2.75, 3.05) is 32.8 Å². The maximum absolute atomic E-state index is 12.4. The van der Waals surface area contributed by atoms with Gasteiger partial charge in [0.25, 0.3) is 0 Å². The van der Waals surface area contributed by atoms with E-state index < -0.39 is 0 Å². The van der Waals surface area contributed by atoms with E-state index in [-0.39, 0.29) is 11.8 Å². The molecule has 0 saturated carbocycles. The van der Waals surface area contributed by atoms with E-state index in [0.29, 0.717) is 45.1 Å². The first-order chi connectivity index (χ1) is 9.20. The van der Waals surface area contributed by atoms with E-state index in [0.717, 1.165) is 5.69 Å². The topological polar surface area (TPSA) is 81.3 Å². The number of aromatic nitrogens is 2. The van der Waals surface area contributed by atoms with Crippen LogP contribution in [0.5, 0.6) is 0 Å². The minimum absolute atomic E-state index is 0.0991. The molecule has 1 fully saturated rings. The average Bonchev–Trinajstić information content (AvgIpc) is 2.45. The van der Waals surface area contributed by atoms with Crippen LogP contribution in [-0.2, 0) is 16.0 Å². The lowest BCUT2D eigenvalue weighted by Gasteiger charge is -2.30. The van der Waals surface area contributed by atoms with Gasteiger partial charge in [-0.3, -0.25) is 4.79 Å². The summed E-state index contributed by atoms with van der Waals surface area (Å²) in [5.41, 5.74) is 6.61. The van der Waals surface area contributed by atoms with Crippen molar-refractivity contribution in [2.24, 2.45) is 11.7 Å². The fourth-order valence-electron chi connectivity index (χ4n) is 2.18. The van der Waals surface area contributed by atoms with Gasteiger partial charge in [-0.2, -0.15) is 0 Å². The van der Waals surface area contributed by atoms with Crippen LogP contribution in [0, 0.1) is 12.8 Å². The molecule has 104 valence electrons. The molecular weight excluding hydrogens is 244 g/mol. The van der Waals surface area contributed by atoms with Gasteiger partial charge in [-0.25, -0.2) is 9.97 Å². The molecule has 1 aromatic heterocycles. The maximum atomic E-state index is 12.4. The van der Waals surface area contributed by atoms with Crippen LogP contribution in [-0.4, -0.2) is 53.6 Å². The molecule has 1 amide bonds. The molecule has 6 heteroatoms. The van der Waals surface area contributed by atoms with Crippen molar-refractivity contribution in [1.29, 1.82) is 0 Å². The summed E-state index contributed by atoms with van der Waals surface area (Å²) in [7, 11) is 0. The van der Waals surface area contributed by atoms with Crippen LogP contribution < -0.4 is 5.73 Å². The summed E-state index contributed by atoms with van der Waals surface area (Å²) in [6.07, 6.45) is 2.28. The molecule has 0 bridgehead atoms. The lowest BCUT2D eigenvalue weighted by Crippen LogP contribution is -2.46. The fraction of sp³-hybridized carbons (Fsp3) is 0.615. The van der Waals surface area contributed by atoms with Gasteiger partial charge in [0.15, 0.2) is 0 Å². The maximum Gasteiger partial charge on any atom is 0.227 e. The van der Waals surface area contributed by atoms with Crippen molar-refractivity contribution in [3.05, 3.63) is 23.8 Å². The number of carbonyl (C=O) groups is 1. The summed E-state index contributed by atoms with van der Waals surface area (Å²) in [5.74, 6) is 0.599. The normalized spacial score (nSPS) is 17.3. The van der Waals surface area contributed by atoms with Gasteiger partial charge >= 0.3 is 0 Å². The number of amides is 1. The van der Waals surface area contributed by atoms with Crippen molar-refractivity contribution >= 4 is 5.91 Å². The second-order valence-electron chi connectivity index (χ2n) is 4.67. The van der Waals surface area contributed by atoms with E-state index in [1.165, 1.54) is 0 Å². The van der Waals surface area contributed by atoms with Gasteiger partial charge in [-0.15, -0.1) is 0 Å². The summed E-state index contributed by atoms with van der Waals surface area (Å²) >= 11 is 0. The zero-order valence-electron chi connectivity index (χ0n) is 11.2. The molecule has 0 aromatic carbocycles. The number of aryl methyl sites for hydroxylation is 1. The molecule has 2 rings (SSSR count). The summed E-state index contributed by atoms with van der Waals surface area (Å²) in [6, 6.07) is 1.84. The third-order valence-electron chi connectivity index (χ3n) is 3.25. The zero-order chi connectivity index (χ0) is 13.7. The number of rotatable bonds is 4. The van der Waals surface area contributed by atoms with Crippen LogP contribution >= 0.6 is 0 Å². The highest BCUT2D eigenvalue weighted by molar-refractivity contribution is 5.79. The minimum atomic E-state index is -0.215. The van der Waals surface area contributed by atoms with Crippen molar-refractivity contribution in [3.63, 3.8) is 0 Å². The van der Waals surface area contributed by atoms with E-state index in [2.05, 4.69) is 9.97 Å². The molecule has 2 heterocycles. The monoisotopic (exact) mass is 264 g/mol. The minimum Gasteiger partial charge on any atom is -0.378 e. The third-order valence-corrected chi connectivity index (χ3v) is 3.25. The van der Waals surface area contributed by atoms with Crippen LogP contribution in [0.2, 0.25) is 0 Å². The number of hydrogen-bond acceptors (Lipinski definition) is 5. The molecule has 2 N–H and O–H groups in total. The van der Waals surface area contributed by atoms with Gasteiger partial charge in [0.05, 0.1) is 19.1 Å². The highest BCUT2D eigenvalue weighted by Gasteiger charge is 2.25. The standard InChI is InChI=1S/C13H20N4O2/c1-10-15-3-2-12(16-10)8-11(9-14)13(18)17-4-6-19-7-5-17/h2-3,11H,4-9,14H2,1H3. The number of hydrogen-bond donors (Lipinski definition) is 1. The Balaban J connectivity index is 2.00. The molecule has 1 aromatic rings. The Morgan fingerprint density at radius 2 is 2.26 bits per heavy atom. The molecule has 1 saturated heterocycles. The third kappa shape index (κ3) is 3.71. The van der Waals surface area contributed by atoms with Gasteiger partial charge in [0.2, 0.25) is 5.91 Å². The Morgan fingerprint density at radius 1 is 1.53 bits per heavy atom. The van der Waals surface area contributed by atoms with Crippen molar-refractivity contribution in [1.82, 2.24) is 14.9 Å². The lowest BCUT2D eigenvalue weighted by molar-refractivity contribution is -0.139. The van der Waals surface area contributed by atoms with E-state index in [1.54, 1.807) is 6.20 Å². The Bertz CT molecular complexity index is 432. The Kier molecular flexibility index (Phi) is 4.81. The SMILES string of the molecule is Cc1nccc(CC(CN)C(=O)N2CCOCC2)n1. The second-order valence-corrected chi connectivity index (χ2v) is 4.67. The molecule has 1 unspecified atom stereocenters. The van der Waals surface area contributed by atoms with Crippen molar-refractivity contribution < 1.29 is 9.53 Å². The second kappa shape index (κ2) is 6.58. The smallest absolute Gasteiger partial charge is 0.227 e. The highest BCUT2D eigenvalue weighted by atomic mass is 16.5. The predicted octanol–water partition coefficient (Wildman–Crippen LogP) is -0.239. The number of ether oxygens (including phenoxy) is 1. The molecule has 0 spiro atoms. The Morgan fingerprint density at radius 3 is 2.89 bits per heavy atom. The average molecular weight is 264 g/mol. The number of morpholine rings is 1. The molecule has 1 aliphatic rings. The lowest BCUT2D eigenvalue weighted by atomic mass is 10.0. The Hall–Kier alpha value is -1.53. The number of nitrogens with zero attached hydrogens (tertiary/aromatic N) is 3. The molecule has 0 aliphatic carbocycles. The molecular formula is C13H20N4O2. The quantitative estimate of drug-likeness (QED) is 0.812. The van der Waals surface area contributed by atoms with E-state index in [4.69, 9.17) is 10.5 Å². The van der Waals surface area contributed by atoms with Crippen molar-refractivity contribution in [3.8, 4) is 0 Å². The Labute approximate surface area is 113 Å². The predicted molar refractivity (Wildman–Crippen MR) is 70.4 cm³/mol. The van der Waals surface area contributed by atoms with Crippen LogP contribution in [0.3, 0.4) is 0 Å². The van der Waals surface area contributed by atoms with E-state index in [1.807, 2.05) is 17.9 Å². The van der Waals surface area contributed by atoms with E-state index in [9.17, 15) is 4.79 Å². The molecule has 1 atom stereocenters. The van der Waals surface area contributed by atoms with Gasteiger partial charge in [0.1, 0.15) is 5.82 Å². The summed E-state index contributed by atoms with van der Waals surface area (Å²) < 4.78 is 5.25. The molecule has 1 aliphatic heterocycles. The number of nitrogens with two attached hydrogens (primary N) is 1. The summed E-state index contributed by atoms with van der Waals surface area (Å²) in [5, 5.41) is 0. The first kappa shape index (κ1) is 13.9. The molecule has 0 radical (unpaired) electrons. The van der Waals surface area contributed by atoms with Gasteiger partial charge in [-0.1, -0.05) is 0 Å². The zero-order valence-corrected chi connectivity index (χ0v) is 11.2. The van der Waals surface area contributed by atoms with Crippen LogP contribution in [0.15, 0.2) is 12.3 Å². The van der Waals surface area contributed by atoms with Gasteiger partial charge in [-0.05, 0) is 13.0 Å². The summed E-state index contributed by atoms with van der Waals surface area (Å²) in [6.45, 7) is 4.69. The van der Waals surface area contributed by atoms with Crippen LogP contribution in [0.25, 0.3) is 0 Å². The number of carbonyl (C=O) groups excluding carboxylic acids is 1. The van der Waals surface area contributed by atoms with Gasteiger partial charge in [0, 0.05) is 37.9 Å². The van der Waals surface area contributed by atoms with Crippen LogP contribution in [0.4, 0.5) is 0 Å². The van der Waals surface area contributed by atoms with Gasteiger partial charge < -0.3 is 15.4 Å². The first-order valence-electron chi connectivity index (χ1n) is 6.56. The molecule has 19 heavy (non-hydrogen) atoms. The summed E-state index contributed by atoms with van der Waals surface area (Å²) in [4.78, 5) is 22.6. The van der Waals surface area contributed by atoms with Crippen LogP contribution in [0.1, 0.15) is 11.5 Å². The molecule has 6 nitrogen and oxygen atoms in total. The largest absolute Gasteiger partial charge is 0.378 e. The highest BCUT2D eigenvalue weighted by Crippen LogP contribution is 2.11.